The van der Waals surface area contributed by atoms with Crippen LogP contribution in [0.3, 0.4) is 0 Å². The van der Waals surface area contributed by atoms with Gasteiger partial charge in [0, 0.05) is 45.0 Å². The Kier molecular flexibility index (Phi) is 6.47. The molecule has 0 spiro atoms. The summed E-state index contributed by atoms with van der Waals surface area (Å²) >= 11 is 0. The van der Waals surface area contributed by atoms with Crippen molar-refractivity contribution in [2.75, 3.05) is 9.80 Å². The van der Waals surface area contributed by atoms with Crippen molar-refractivity contribution in [2.45, 2.75) is 71.1 Å². The summed E-state index contributed by atoms with van der Waals surface area (Å²) in [4.78, 5) is 5.03. The summed E-state index contributed by atoms with van der Waals surface area (Å²) in [5.41, 5.74) is 27.6. The third-order valence-electron chi connectivity index (χ3n) is 14.3. The average molecular weight is 721 g/mol. The molecule has 0 saturated carbocycles. The van der Waals surface area contributed by atoms with Gasteiger partial charge in [0.1, 0.15) is 0 Å². The SMILES string of the molecule is Cc1cc2c3c(c1)C(C)(C)c1cc4c(cc1B3c1cc3c(cc1N2c1ccc2c(c1)CC2)CC3)C(C)(C)c1cc(N(c2ccccc2)c2ccccc2)ccc1-4. The molecule has 5 aliphatic rings. The second kappa shape index (κ2) is 11.2. The number of para-hydroxylation sites is 2. The van der Waals surface area contributed by atoms with Crippen molar-refractivity contribution in [3.05, 3.63) is 184 Å². The van der Waals surface area contributed by atoms with E-state index in [0.717, 1.165) is 11.4 Å². The predicted octanol–water partition coefficient (Wildman–Crippen LogP) is 10.9. The number of hydrogen-bond donors (Lipinski definition) is 0. The van der Waals surface area contributed by atoms with Gasteiger partial charge in [0.15, 0.2) is 0 Å². The van der Waals surface area contributed by atoms with E-state index in [4.69, 9.17) is 0 Å². The Morgan fingerprint density at radius 1 is 0.482 bits per heavy atom. The molecule has 2 heterocycles. The molecular weight excluding hydrogens is 675 g/mol. The number of anilines is 6. The third-order valence-corrected chi connectivity index (χ3v) is 14.3. The number of benzene rings is 7. The zero-order valence-electron chi connectivity index (χ0n) is 33.0. The molecule has 12 rings (SSSR count). The van der Waals surface area contributed by atoms with Crippen LogP contribution in [-0.4, -0.2) is 6.71 Å². The van der Waals surface area contributed by atoms with Gasteiger partial charge in [-0.1, -0.05) is 106 Å². The zero-order chi connectivity index (χ0) is 37.7. The van der Waals surface area contributed by atoms with E-state index in [2.05, 4.69) is 178 Å². The molecule has 0 unspecified atom stereocenters. The first kappa shape index (κ1) is 32.4. The summed E-state index contributed by atoms with van der Waals surface area (Å²) in [6.07, 6.45) is 4.74. The fraction of sp³-hybridized carbons (Fsp3) is 0.208. The Bertz CT molecular complexity index is 2790. The van der Waals surface area contributed by atoms with E-state index in [1.165, 1.54) is 126 Å². The van der Waals surface area contributed by atoms with E-state index in [1.807, 2.05) is 0 Å². The first-order chi connectivity index (χ1) is 27.2. The summed E-state index contributed by atoms with van der Waals surface area (Å²) in [6, 6.07) is 51.4. The number of nitrogens with zero attached hydrogens (tertiary/aromatic N) is 2. The van der Waals surface area contributed by atoms with Gasteiger partial charge < -0.3 is 9.80 Å². The molecule has 3 heteroatoms. The zero-order valence-corrected chi connectivity index (χ0v) is 33.0. The average Bonchev–Trinajstić information content (AvgIpc) is 3.40. The van der Waals surface area contributed by atoms with E-state index in [-0.39, 0.29) is 17.5 Å². The van der Waals surface area contributed by atoms with Crippen molar-refractivity contribution in [1.29, 1.82) is 0 Å². The summed E-state index contributed by atoms with van der Waals surface area (Å²) < 4.78 is 0. The van der Waals surface area contributed by atoms with Crippen LogP contribution < -0.4 is 26.2 Å². The standard InChI is InChI=1S/C53H45BN2/c1-32-24-46-51-50(25-32)56(39-21-20-33-16-17-34(33)26-39)49-28-36-19-18-35(36)27-48(49)54(51)47-31-44-42(30-45(47)53(46,4)5)41-23-22-40(29-43(41)52(44,2)3)55(37-12-8-6-9-13-37)38-14-10-7-11-15-38/h6-15,20-31H,16-19H2,1-5H3. The minimum absolute atomic E-state index is 0.175. The van der Waals surface area contributed by atoms with Crippen molar-refractivity contribution in [3.63, 3.8) is 0 Å². The number of aryl methyl sites for hydroxylation is 5. The lowest BCUT2D eigenvalue weighted by Gasteiger charge is -2.47. The molecule has 7 aromatic rings. The van der Waals surface area contributed by atoms with E-state index < -0.39 is 0 Å². The van der Waals surface area contributed by atoms with Gasteiger partial charge in [-0.25, -0.2) is 0 Å². The van der Waals surface area contributed by atoms with Crippen molar-refractivity contribution in [2.24, 2.45) is 0 Å². The van der Waals surface area contributed by atoms with Crippen LogP contribution in [0.15, 0.2) is 133 Å². The van der Waals surface area contributed by atoms with Gasteiger partial charge in [-0.3, -0.25) is 0 Å². The van der Waals surface area contributed by atoms with Gasteiger partial charge in [-0.2, -0.15) is 0 Å². The van der Waals surface area contributed by atoms with Crippen LogP contribution in [0.1, 0.15) is 77.8 Å². The topological polar surface area (TPSA) is 6.48 Å². The van der Waals surface area contributed by atoms with Gasteiger partial charge in [-0.05, 0) is 165 Å². The lowest BCUT2D eigenvalue weighted by atomic mass is 9.29. The lowest BCUT2D eigenvalue weighted by molar-refractivity contribution is 0.640. The maximum Gasteiger partial charge on any atom is 0.247 e. The Labute approximate surface area is 331 Å². The fourth-order valence-electron chi connectivity index (χ4n) is 11.1. The second-order valence-electron chi connectivity index (χ2n) is 18.1. The molecule has 0 radical (unpaired) electrons. The maximum absolute atomic E-state index is 2.65. The molecule has 0 N–H and O–H groups in total. The minimum Gasteiger partial charge on any atom is -0.311 e. The molecule has 0 atom stereocenters. The van der Waals surface area contributed by atoms with Crippen LogP contribution in [-0.2, 0) is 36.5 Å². The number of fused-ring (bicyclic) bond motifs is 9. The first-order valence-corrected chi connectivity index (χ1v) is 20.6. The molecule has 0 amide bonds. The van der Waals surface area contributed by atoms with E-state index in [0.29, 0.717) is 0 Å². The van der Waals surface area contributed by atoms with Crippen LogP contribution in [0.5, 0.6) is 0 Å². The molecule has 2 nitrogen and oxygen atoms in total. The quantitative estimate of drug-likeness (QED) is 0.167. The van der Waals surface area contributed by atoms with E-state index in [9.17, 15) is 0 Å². The third kappa shape index (κ3) is 4.29. The summed E-state index contributed by atoms with van der Waals surface area (Å²) in [5, 5.41) is 0. The van der Waals surface area contributed by atoms with E-state index in [1.54, 1.807) is 0 Å². The highest BCUT2D eigenvalue weighted by molar-refractivity contribution is 6.99. The molecular formula is C53H45BN2. The molecule has 3 aliphatic carbocycles. The van der Waals surface area contributed by atoms with Gasteiger partial charge in [0.05, 0.1) is 0 Å². The largest absolute Gasteiger partial charge is 0.311 e. The van der Waals surface area contributed by atoms with Crippen LogP contribution in [0.4, 0.5) is 34.1 Å². The molecule has 0 fully saturated rings. The van der Waals surface area contributed by atoms with Crippen LogP contribution >= 0.6 is 0 Å². The molecule has 7 aromatic carbocycles. The predicted molar refractivity (Wildman–Crippen MR) is 236 cm³/mol. The highest BCUT2D eigenvalue weighted by atomic mass is 15.2. The smallest absolute Gasteiger partial charge is 0.247 e. The normalized spacial score (nSPS) is 16.6. The molecule has 0 bridgehead atoms. The highest BCUT2D eigenvalue weighted by Gasteiger charge is 2.49. The van der Waals surface area contributed by atoms with E-state index >= 15 is 0 Å². The van der Waals surface area contributed by atoms with Crippen LogP contribution in [0.25, 0.3) is 11.1 Å². The Morgan fingerprint density at radius 2 is 1.12 bits per heavy atom. The number of hydrogen-bond acceptors (Lipinski definition) is 2. The highest BCUT2D eigenvalue weighted by Crippen LogP contribution is 2.53. The Morgan fingerprint density at radius 3 is 1.80 bits per heavy atom. The van der Waals surface area contributed by atoms with Crippen molar-refractivity contribution >= 4 is 57.2 Å². The summed E-state index contributed by atoms with van der Waals surface area (Å²) in [7, 11) is 0. The van der Waals surface area contributed by atoms with Gasteiger partial charge in [0.25, 0.3) is 0 Å². The monoisotopic (exact) mass is 720 g/mol. The fourth-order valence-corrected chi connectivity index (χ4v) is 11.1. The Hall–Kier alpha value is -5.80. The van der Waals surface area contributed by atoms with Crippen LogP contribution in [0, 0.1) is 6.92 Å². The van der Waals surface area contributed by atoms with Crippen molar-refractivity contribution in [1.82, 2.24) is 0 Å². The van der Waals surface area contributed by atoms with Gasteiger partial charge in [-0.15, -0.1) is 0 Å². The molecule has 2 aliphatic heterocycles. The molecule has 0 aromatic heterocycles. The van der Waals surface area contributed by atoms with Gasteiger partial charge in [0.2, 0.25) is 6.71 Å². The minimum atomic E-state index is -0.176. The summed E-state index contributed by atoms with van der Waals surface area (Å²) in [5.74, 6) is 0. The Balaban J connectivity index is 1.07. The van der Waals surface area contributed by atoms with Gasteiger partial charge >= 0.3 is 0 Å². The van der Waals surface area contributed by atoms with Crippen molar-refractivity contribution in [3.8, 4) is 11.1 Å². The second-order valence-corrected chi connectivity index (χ2v) is 18.1. The molecule has 270 valence electrons. The maximum atomic E-state index is 2.65. The van der Waals surface area contributed by atoms with Crippen molar-refractivity contribution < 1.29 is 0 Å². The summed E-state index contributed by atoms with van der Waals surface area (Å²) in [6.45, 7) is 12.3. The van der Waals surface area contributed by atoms with Crippen LogP contribution in [0.2, 0.25) is 0 Å². The lowest BCUT2D eigenvalue weighted by Crippen LogP contribution is -2.64. The number of rotatable bonds is 4. The first-order valence-electron chi connectivity index (χ1n) is 20.6. The molecule has 0 saturated heterocycles. The molecule has 56 heavy (non-hydrogen) atoms.